The minimum Gasteiger partial charge on any atom is -0.497 e. The second-order valence-corrected chi connectivity index (χ2v) is 10.6. The van der Waals surface area contributed by atoms with E-state index in [4.69, 9.17) is 9.47 Å². The third kappa shape index (κ3) is 5.97. The molecule has 1 N–H and O–H groups in total. The molecule has 0 atom stereocenters. The van der Waals surface area contributed by atoms with Gasteiger partial charge in [-0.1, -0.05) is 36.9 Å². The zero-order chi connectivity index (χ0) is 20.9. The Kier molecular flexibility index (Phi) is 7.49. The van der Waals surface area contributed by atoms with E-state index in [1.54, 1.807) is 12.1 Å². The Labute approximate surface area is 172 Å². The average molecular weight is 447 g/mol. The number of nitrogens with zero attached hydrogens (tertiary/aromatic N) is 3. The lowest BCUT2D eigenvalue weighted by Crippen LogP contribution is -2.37. The number of hydrogen-bond acceptors (Lipinski definition) is 9. The maximum Gasteiger partial charge on any atom is 0.246 e. The first kappa shape index (κ1) is 22.2. The van der Waals surface area contributed by atoms with Crippen molar-refractivity contribution in [2.24, 2.45) is 0 Å². The zero-order valence-electron chi connectivity index (χ0n) is 16.1. The van der Waals surface area contributed by atoms with E-state index < -0.39 is 22.5 Å². The molecule has 1 amide bonds. The van der Waals surface area contributed by atoms with Crippen LogP contribution >= 0.6 is 23.1 Å². The Hall–Kier alpha value is -2.05. The Morgan fingerprint density at radius 2 is 2.00 bits per heavy atom. The van der Waals surface area contributed by atoms with E-state index in [1.807, 2.05) is 13.8 Å². The summed E-state index contributed by atoms with van der Waals surface area (Å²) < 4.78 is 36.7. The van der Waals surface area contributed by atoms with Gasteiger partial charge < -0.3 is 9.47 Å². The van der Waals surface area contributed by atoms with Crippen molar-refractivity contribution in [3.63, 3.8) is 0 Å². The number of carbonyl (C=O) groups is 1. The topological polar surface area (TPSA) is 111 Å². The molecule has 0 radical (unpaired) electrons. The molecule has 0 fully saturated rings. The first-order valence-electron chi connectivity index (χ1n) is 8.13. The zero-order valence-corrected chi connectivity index (χ0v) is 18.6. The number of hydrogen-bond donors (Lipinski definition) is 1. The van der Waals surface area contributed by atoms with Crippen LogP contribution in [0, 0.1) is 0 Å². The van der Waals surface area contributed by atoms with Crippen LogP contribution < -0.4 is 19.1 Å². The summed E-state index contributed by atoms with van der Waals surface area (Å²) in [7, 11) is -0.892. The minimum atomic E-state index is -3.77. The monoisotopic (exact) mass is 446 g/mol. The fourth-order valence-corrected chi connectivity index (χ4v) is 5.01. The van der Waals surface area contributed by atoms with Crippen molar-refractivity contribution in [3.8, 4) is 11.5 Å². The highest BCUT2D eigenvalue weighted by Gasteiger charge is 2.25. The number of aromatic nitrogens is 2. The van der Waals surface area contributed by atoms with Crippen molar-refractivity contribution in [2.45, 2.75) is 23.4 Å². The first-order valence-corrected chi connectivity index (χ1v) is 11.7. The van der Waals surface area contributed by atoms with Crippen LogP contribution in [-0.4, -0.2) is 56.8 Å². The van der Waals surface area contributed by atoms with Crippen LogP contribution in [-0.2, 0) is 14.8 Å². The highest BCUT2D eigenvalue weighted by atomic mass is 32.2. The fraction of sp³-hybridized carbons (Fsp3) is 0.438. The number of anilines is 2. The molecule has 0 saturated heterocycles. The van der Waals surface area contributed by atoms with Gasteiger partial charge in [-0.25, -0.2) is 8.42 Å². The largest absolute Gasteiger partial charge is 0.497 e. The first-order chi connectivity index (χ1) is 13.1. The van der Waals surface area contributed by atoms with E-state index >= 15 is 0 Å². The lowest BCUT2D eigenvalue weighted by Gasteiger charge is -2.24. The molecule has 1 aromatic heterocycles. The van der Waals surface area contributed by atoms with Crippen molar-refractivity contribution < 1.29 is 22.7 Å². The standard InChI is InChI=1S/C16H22N4O5S3/c1-10(2)26-16-19-18-15(27-16)17-14(21)9-20(28(5,22)23)12-8-11(24-3)6-7-13(12)25-4/h6-8,10H,9H2,1-5H3,(H,17,18,21). The second-order valence-electron chi connectivity index (χ2n) is 5.90. The molecule has 12 heteroatoms. The predicted octanol–water partition coefficient (Wildman–Crippen LogP) is 2.46. The third-order valence-corrected chi connectivity index (χ3v) is 6.38. The molecule has 1 aromatic carbocycles. The number of thioether (sulfide) groups is 1. The summed E-state index contributed by atoms with van der Waals surface area (Å²) >= 11 is 2.76. The summed E-state index contributed by atoms with van der Waals surface area (Å²) in [4.78, 5) is 12.5. The Morgan fingerprint density at radius 3 is 2.57 bits per heavy atom. The van der Waals surface area contributed by atoms with Crippen molar-refractivity contribution in [2.75, 3.05) is 36.6 Å². The van der Waals surface area contributed by atoms with Gasteiger partial charge in [0.05, 0.1) is 26.2 Å². The van der Waals surface area contributed by atoms with Gasteiger partial charge >= 0.3 is 0 Å². The fourth-order valence-electron chi connectivity index (χ4n) is 2.17. The molecule has 0 spiro atoms. The van der Waals surface area contributed by atoms with Gasteiger partial charge in [0.15, 0.2) is 4.34 Å². The van der Waals surface area contributed by atoms with Crippen molar-refractivity contribution >= 4 is 49.8 Å². The highest BCUT2D eigenvalue weighted by molar-refractivity contribution is 8.01. The number of benzene rings is 1. The van der Waals surface area contributed by atoms with Crippen LogP contribution in [0.4, 0.5) is 10.8 Å². The van der Waals surface area contributed by atoms with Crippen LogP contribution in [0.3, 0.4) is 0 Å². The molecule has 9 nitrogen and oxygen atoms in total. The number of carbonyl (C=O) groups excluding carboxylic acids is 1. The van der Waals surface area contributed by atoms with E-state index in [9.17, 15) is 13.2 Å². The van der Waals surface area contributed by atoms with E-state index in [0.717, 1.165) is 14.9 Å². The van der Waals surface area contributed by atoms with Gasteiger partial charge in [0.1, 0.15) is 18.0 Å². The van der Waals surface area contributed by atoms with Crippen molar-refractivity contribution in [1.29, 1.82) is 0 Å². The summed E-state index contributed by atoms with van der Waals surface area (Å²) in [5.41, 5.74) is 0.202. The van der Waals surface area contributed by atoms with Crippen LogP contribution in [0.25, 0.3) is 0 Å². The molecular weight excluding hydrogens is 424 g/mol. The van der Waals surface area contributed by atoms with Crippen LogP contribution in [0.15, 0.2) is 22.5 Å². The van der Waals surface area contributed by atoms with E-state index in [-0.39, 0.29) is 5.69 Å². The smallest absolute Gasteiger partial charge is 0.246 e. The Morgan fingerprint density at radius 1 is 1.29 bits per heavy atom. The minimum absolute atomic E-state index is 0.202. The predicted molar refractivity (Wildman–Crippen MR) is 111 cm³/mol. The quantitative estimate of drug-likeness (QED) is 0.462. The summed E-state index contributed by atoms with van der Waals surface area (Å²) in [5, 5.41) is 11.1. The maximum absolute atomic E-state index is 12.5. The summed E-state index contributed by atoms with van der Waals surface area (Å²) in [6.07, 6.45) is 1.02. The molecule has 2 rings (SSSR count). The maximum atomic E-state index is 12.5. The van der Waals surface area contributed by atoms with Gasteiger partial charge in [0, 0.05) is 11.3 Å². The van der Waals surface area contributed by atoms with Crippen LogP contribution in [0.2, 0.25) is 0 Å². The number of sulfonamides is 1. The Balaban J connectivity index is 2.24. The number of methoxy groups -OCH3 is 2. The molecule has 154 valence electrons. The molecule has 1 heterocycles. The molecule has 0 saturated carbocycles. The third-order valence-electron chi connectivity index (χ3n) is 3.33. The summed E-state index contributed by atoms with van der Waals surface area (Å²) in [6.45, 7) is 3.60. The van der Waals surface area contributed by atoms with Crippen LogP contribution in [0.1, 0.15) is 13.8 Å². The molecule has 0 aliphatic carbocycles. The van der Waals surface area contributed by atoms with Crippen molar-refractivity contribution in [3.05, 3.63) is 18.2 Å². The van der Waals surface area contributed by atoms with Gasteiger partial charge in [0.25, 0.3) is 0 Å². The molecule has 0 aliphatic heterocycles. The molecule has 2 aromatic rings. The number of ether oxygens (including phenoxy) is 2. The second kappa shape index (κ2) is 9.43. The normalized spacial score (nSPS) is 11.4. The van der Waals surface area contributed by atoms with Gasteiger partial charge in [-0.3, -0.25) is 14.4 Å². The van der Waals surface area contributed by atoms with Gasteiger partial charge in [-0.05, 0) is 12.1 Å². The molecular formula is C16H22N4O5S3. The molecule has 0 unspecified atom stereocenters. The number of amides is 1. The molecule has 0 aliphatic rings. The lowest BCUT2D eigenvalue weighted by molar-refractivity contribution is -0.114. The van der Waals surface area contributed by atoms with E-state index in [0.29, 0.717) is 21.9 Å². The van der Waals surface area contributed by atoms with Gasteiger partial charge in [-0.2, -0.15) is 0 Å². The number of nitrogens with one attached hydrogen (secondary N) is 1. The average Bonchev–Trinajstić information content (AvgIpc) is 3.04. The number of rotatable bonds is 9. The Bertz CT molecular complexity index is 930. The molecule has 0 bridgehead atoms. The van der Waals surface area contributed by atoms with Crippen LogP contribution in [0.5, 0.6) is 11.5 Å². The summed E-state index contributed by atoms with van der Waals surface area (Å²) in [5.74, 6) is 0.183. The highest BCUT2D eigenvalue weighted by Crippen LogP contribution is 2.34. The SMILES string of the molecule is COc1ccc(OC)c(N(CC(=O)Nc2nnc(SC(C)C)s2)S(C)(=O)=O)c1. The van der Waals surface area contributed by atoms with E-state index in [2.05, 4.69) is 15.5 Å². The lowest BCUT2D eigenvalue weighted by atomic mass is 10.2. The van der Waals surface area contributed by atoms with Crippen molar-refractivity contribution in [1.82, 2.24) is 10.2 Å². The molecule has 28 heavy (non-hydrogen) atoms. The van der Waals surface area contributed by atoms with E-state index in [1.165, 1.54) is 43.4 Å². The summed E-state index contributed by atoms with van der Waals surface area (Å²) in [6, 6.07) is 4.71. The van der Waals surface area contributed by atoms with Gasteiger partial charge in [0.2, 0.25) is 21.1 Å². The van der Waals surface area contributed by atoms with Gasteiger partial charge in [-0.15, -0.1) is 10.2 Å².